The summed E-state index contributed by atoms with van der Waals surface area (Å²) in [4.78, 5) is 25.8. The number of fused-ring (bicyclic) bond motifs is 5. The molecule has 2 aromatic carbocycles. The molecule has 0 bridgehead atoms. The number of benzene rings is 2. The number of rotatable bonds is 6. The average Bonchev–Trinajstić information content (AvgIpc) is 3.30. The Balaban J connectivity index is 1.12. The molecule has 3 aliphatic carbocycles. The summed E-state index contributed by atoms with van der Waals surface area (Å²) in [5.74, 6) is 2.93. The molecule has 2 aromatic rings. The van der Waals surface area contributed by atoms with E-state index >= 15 is 0 Å². The molecule has 4 heteroatoms. The van der Waals surface area contributed by atoms with E-state index in [4.69, 9.17) is 0 Å². The Kier molecular flexibility index (Phi) is 6.86. The second kappa shape index (κ2) is 10.2. The molecule has 1 aliphatic heterocycles. The average molecular weight is 513 g/mol. The van der Waals surface area contributed by atoms with Gasteiger partial charge in [0.1, 0.15) is 0 Å². The first-order valence-corrected chi connectivity index (χ1v) is 15.1. The fraction of sp³-hybridized carbons (Fsp3) is 0.588. The Bertz CT molecular complexity index is 1110. The van der Waals surface area contributed by atoms with E-state index in [2.05, 4.69) is 85.1 Å². The van der Waals surface area contributed by atoms with Crippen LogP contribution < -0.4 is 10.6 Å². The summed E-state index contributed by atoms with van der Waals surface area (Å²) in [5.41, 5.74) is 2.94. The summed E-state index contributed by atoms with van der Waals surface area (Å²) < 4.78 is 0. The first-order valence-electron chi connectivity index (χ1n) is 15.1. The minimum absolute atomic E-state index is 0.102. The largest absolute Gasteiger partial charge is 0.356 e. The van der Waals surface area contributed by atoms with E-state index < -0.39 is 0 Å². The molecule has 0 spiro atoms. The van der Waals surface area contributed by atoms with Crippen molar-refractivity contribution in [3.63, 3.8) is 0 Å². The van der Waals surface area contributed by atoms with Crippen molar-refractivity contribution in [2.75, 3.05) is 6.54 Å². The van der Waals surface area contributed by atoms with Gasteiger partial charge in [0.25, 0.3) is 0 Å². The Labute approximate surface area is 228 Å². The quantitative estimate of drug-likeness (QED) is 0.467. The highest BCUT2D eigenvalue weighted by Gasteiger charge is 2.61. The lowest BCUT2D eigenvalue weighted by atomic mass is 9.47. The third-order valence-corrected chi connectivity index (χ3v) is 11.5. The molecule has 0 radical (unpaired) electrons. The van der Waals surface area contributed by atoms with Gasteiger partial charge in [-0.25, -0.2) is 0 Å². The Morgan fingerprint density at radius 3 is 2.21 bits per heavy atom. The predicted octanol–water partition coefficient (Wildman–Crippen LogP) is 6.46. The standard InChI is InChI=1S/C34H44N2O2/c1-33-20-17-28-26(13-16-30-34(28,2)21-18-31(37)36-30)27(33)14-15-29(33)32(38)35-22-19-25(23-9-5-3-6-10-23)24-11-7-4-8-12-24/h3-12,25-30H,13-22H2,1-2H3,(H,35,38)(H,36,37)/t26-,27-,28+,29?,30?,33-,34+/m0/s1. The monoisotopic (exact) mass is 512 g/mol. The first kappa shape index (κ1) is 25.6. The van der Waals surface area contributed by atoms with Crippen LogP contribution in [0.3, 0.4) is 0 Å². The number of nitrogens with one attached hydrogen (secondary N) is 2. The van der Waals surface area contributed by atoms with Gasteiger partial charge in [0.05, 0.1) is 0 Å². The molecule has 202 valence electrons. The Morgan fingerprint density at radius 2 is 1.53 bits per heavy atom. The molecular formula is C34H44N2O2. The Hall–Kier alpha value is -2.62. The van der Waals surface area contributed by atoms with Gasteiger partial charge in [-0.2, -0.15) is 0 Å². The van der Waals surface area contributed by atoms with E-state index in [0.717, 1.165) is 32.1 Å². The molecule has 1 saturated heterocycles. The summed E-state index contributed by atoms with van der Waals surface area (Å²) >= 11 is 0. The van der Waals surface area contributed by atoms with Gasteiger partial charge in [-0.05, 0) is 91.1 Å². The van der Waals surface area contributed by atoms with Gasteiger partial charge in [-0.15, -0.1) is 0 Å². The van der Waals surface area contributed by atoms with Crippen molar-refractivity contribution < 1.29 is 9.59 Å². The highest BCUT2D eigenvalue weighted by molar-refractivity contribution is 5.80. The summed E-state index contributed by atoms with van der Waals surface area (Å²) in [7, 11) is 0. The minimum Gasteiger partial charge on any atom is -0.356 e. The van der Waals surface area contributed by atoms with E-state index in [1.165, 1.54) is 30.4 Å². The normalized spacial score (nSPS) is 36.1. The second-order valence-corrected chi connectivity index (χ2v) is 13.2. The molecule has 3 saturated carbocycles. The number of piperidine rings is 1. The van der Waals surface area contributed by atoms with Gasteiger partial charge in [0.2, 0.25) is 11.8 Å². The second-order valence-electron chi connectivity index (χ2n) is 13.2. The number of hydrogen-bond acceptors (Lipinski definition) is 2. The number of carbonyl (C=O) groups is 2. The molecule has 0 aromatic heterocycles. The number of hydrogen-bond donors (Lipinski definition) is 2. The molecular weight excluding hydrogens is 468 g/mol. The van der Waals surface area contributed by atoms with Gasteiger partial charge in [0, 0.05) is 30.8 Å². The highest BCUT2D eigenvalue weighted by Crippen LogP contribution is 2.65. The zero-order valence-corrected chi connectivity index (χ0v) is 23.1. The van der Waals surface area contributed by atoms with Crippen molar-refractivity contribution in [1.82, 2.24) is 10.6 Å². The van der Waals surface area contributed by atoms with Crippen LogP contribution in [0.15, 0.2) is 60.7 Å². The van der Waals surface area contributed by atoms with Crippen LogP contribution in [0.2, 0.25) is 0 Å². The summed E-state index contributed by atoms with van der Waals surface area (Å²) in [6.07, 6.45) is 9.47. The van der Waals surface area contributed by atoms with Crippen molar-refractivity contribution >= 4 is 11.8 Å². The molecule has 7 atom stereocenters. The Morgan fingerprint density at radius 1 is 0.868 bits per heavy atom. The van der Waals surface area contributed by atoms with Crippen LogP contribution in [-0.2, 0) is 9.59 Å². The van der Waals surface area contributed by atoms with Crippen LogP contribution in [0, 0.1) is 34.5 Å². The van der Waals surface area contributed by atoms with Gasteiger partial charge in [-0.3, -0.25) is 9.59 Å². The fourth-order valence-corrected chi connectivity index (χ4v) is 9.49. The minimum atomic E-state index is 0.102. The van der Waals surface area contributed by atoms with Crippen LogP contribution in [0.25, 0.3) is 0 Å². The SMILES string of the molecule is C[C@]12CCC(=O)NC1CC[C@@H]1[C@H]2CC[C@]2(C)C(C(=O)NCCC(c3ccccc3)c3ccccc3)CC[C@@H]12. The van der Waals surface area contributed by atoms with Crippen molar-refractivity contribution in [3.05, 3.63) is 71.8 Å². The van der Waals surface area contributed by atoms with Crippen LogP contribution >= 0.6 is 0 Å². The van der Waals surface area contributed by atoms with E-state index in [9.17, 15) is 9.59 Å². The predicted molar refractivity (Wildman–Crippen MR) is 151 cm³/mol. The van der Waals surface area contributed by atoms with Crippen molar-refractivity contribution in [1.29, 1.82) is 0 Å². The van der Waals surface area contributed by atoms with Gasteiger partial charge < -0.3 is 10.6 Å². The maximum absolute atomic E-state index is 13.7. The summed E-state index contributed by atoms with van der Waals surface area (Å²) in [6.45, 7) is 5.58. The van der Waals surface area contributed by atoms with Gasteiger partial charge in [0.15, 0.2) is 0 Å². The van der Waals surface area contributed by atoms with Crippen molar-refractivity contribution in [2.45, 2.75) is 83.6 Å². The maximum atomic E-state index is 13.7. The lowest BCUT2D eigenvalue weighted by Gasteiger charge is -2.60. The molecule has 4 nitrogen and oxygen atoms in total. The molecule has 6 rings (SSSR count). The van der Waals surface area contributed by atoms with E-state index in [-0.39, 0.29) is 34.5 Å². The molecule has 4 aliphatic rings. The topological polar surface area (TPSA) is 58.2 Å². The maximum Gasteiger partial charge on any atom is 0.223 e. The third kappa shape index (κ3) is 4.38. The molecule has 2 N–H and O–H groups in total. The van der Waals surface area contributed by atoms with Crippen molar-refractivity contribution in [3.8, 4) is 0 Å². The lowest BCUT2D eigenvalue weighted by Crippen LogP contribution is -2.61. The highest BCUT2D eigenvalue weighted by atomic mass is 16.2. The molecule has 2 amide bonds. The van der Waals surface area contributed by atoms with Crippen LogP contribution in [0.1, 0.15) is 88.7 Å². The van der Waals surface area contributed by atoms with Crippen LogP contribution in [0.4, 0.5) is 0 Å². The number of amides is 2. The zero-order valence-electron chi connectivity index (χ0n) is 23.1. The van der Waals surface area contributed by atoms with Crippen LogP contribution in [0.5, 0.6) is 0 Å². The van der Waals surface area contributed by atoms with E-state index in [0.29, 0.717) is 36.8 Å². The van der Waals surface area contributed by atoms with Crippen molar-refractivity contribution in [2.24, 2.45) is 34.5 Å². The molecule has 1 heterocycles. The van der Waals surface area contributed by atoms with Gasteiger partial charge in [-0.1, -0.05) is 74.5 Å². The van der Waals surface area contributed by atoms with Crippen LogP contribution in [-0.4, -0.2) is 24.4 Å². The summed E-state index contributed by atoms with van der Waals surface area (Å²) in [6, 6.07) is 21.7. The smallest absolute Gasteiger partial charge is 0.223 e. The molecule has 4 fully saturated rings. The fourth-order valence-electron chi connectivity index (χ4n) is 9.49. The molecule has 38 heavy (non-hydrogen) atoms. The zero-order chi connectivity index (χ0) is 26.3. The van der Waals surface area contributed by atoms with E-state index in [1.54, 1.807) is 0 Å². The number of carbonyl (C=O) groups excluding carboxylic acids is 2. The third-order valence-electron chi connectivity index (χ3n) is 11.5. The van der Waals surface area contributed by atoms with E-state index in [1.807, 2.05) is 0 Å². The first-order chi connectivity index (χ1) is 18.4. The summed E-state index contributed by atoms with van der Waals surface area (Å²) in [5, 5.41) is 6.74. The molecule has 2 unspecified atom stereocenters. The van der Waals surface area contributed by atoms with Gasteiger partial charge >= 0.3 is 0 Å². The lowest BCUT2D eigenvalue weighted by molar-refractivity contribution is -0.141.